The van der Waals surface area contributed by atoms with Crippen LogP contribution in [0.3, 0.4) is 0 Å². The van der Waals surface area contributed by atoms with Gasteiger partial charge in [-0.15, -0.1) is 0 Å². The van der Waals surface area contributed by atoms with E-state index in [2.05, 4.69) is 0 Å². The third-order valence-electron chi connectivity index (χ3n) is 5.01. The SMILES string of the molecule is CC(F)Cc1ccc(Cc2cc(F)cc(C#N)c2)c2c1C(C)C(F)(F)C2. The molecule has 0 saturated carbocycles. The molecule has 3 rings (SSSR count). The number of nitriles is 1. The molecule has 0 aromatic heterocycles. The Morgan fingerprint density at radius 1 is 1.23 bits per heavy atom. The van der Waals surface area contributed by atoms with E-state index in [1.807, 2.05) is 6.07 Å². The quantitative estimate of drug-likeness (QED) is 0.661. The molecule has 26 heavy (non-hydrogen) atoms. The zero-order chi connectivity index (χ0) is 19.1. The van der Waals surface area contributed by atoms with Gasteiger partial charge < -0.3 is 0 Å². The summed E-state index contributed by atoms with van der Waals surface area (Å²) < 4.78 is 55.9. The lowest BCUT2D eigenvalue weighted by atomic mass is 9.89. The topological polar surface area (TPSA) is 23.8 Å². The van der Waals surface area contributed by atoms with Gasteiger partial charge in [0.05, 0.1) is 11.6 Å². The first-order chi connectivity index (χ1) is 12.2. The molecule has 1 aliphatic rings. The molecule has 1 aliphatic carbocycles. The summed E-state index contributed by atoms with van der Waals surface area (Å²) in [5.41, 5.74) is 3.09. The Hall–Kier alpha value is -2.35. The molecule has 0 bridgehead atoms. The average Bonchev–Trinajstić information content (AvgIpc) is 2.79. The van der Waals surface area contributed by atoms with E-state index >= 15 is 0 Å². The van der Waals surface area contributed by atoms with Gasteiger partial charge >= 0.3 is 0 Å². The van der Waals surface area contributed by atoms with E-state index in [1.165, 1.54) is 19.9 Å². The first kappa shape index (κ1) is 18.4. The fourth-order valence-electron chi connectivity index (χ4n) is 3.79. The molecule has 2 atom stereocenters. The van der Waals surface area contributed by atoms with Gasteiger partial charge in [0.2, 0.25) is 0 Å². The monoisotopic (exact) mass is 361 g/mol. The van der Waals surface area contributed by atoms with Gasteiger partial charge in [-0.2, -0.15) is 5.26 Å². The van der Waals surface area contributed by atoms with Crippen LogP contribution < -0.4 is 0 Å². The van der Waals surface area contributed by atoms with Crippen LogP contribution in [-0.2, 0) is 19.3 Å². The van der Waals surface area contributed by atoms with Gasteiger partial charge in [0.15, 0.2) is 0 Å². The van der Waals surface area contributed by atoms with Gasteiger partial charge in [-0.05, 0) is 59.4 Å². The van der Waals surface area contributed by atoms with Crippen molar-refractivity contribution >= 4 is 0 Å². The number of alkyl halides is 3. The third-order valence-corrected chi connectivity index (χ3v) is 5.01. The van der Waals surface area contributed by atoms with E-state index in [1.54, 1.807) is 18.2 Å². The lowest BCUT2D eigenvalue weighted by molar-refractivity contribution is -0.0101. The Morgan fingerprint density at radius 2 is 1.92 bits per heavy atom. The Kier molecular flexibility index (Phi) is 4.79. The lowest BCUT2D eigenvalue weighted by Gasteiger charge is -2.18. The molecular weight excluding hydrogens is 342 g/mol. The summed E-state index contributed by atoms with van der Waals surface area (Å²) in [5, 5.41) is 8.98. The minimum Gasteiger partial charge on any atom is -0.247 e. The van der Waals surface area contributed by atoms with Crippen molar-refractivity contribution in [2.24, 2.45) is 0 Å². The largest absolute Gasteiger partial charge is 0.258 e. The summed E-state index contributed by atoms with van der Waals surface area (Å²) >= 11 is 0. The van der Waals surface area contributed by atoms with Gasteiger partial charge in [-0.3, -0.25) is 0 Å². The summed E-state index contributed by atoms with van der Waals surface area (Å²) in [4.78, 5) is 0. The van der Waals surface area contributed by atoms with Crippen molar-refractivity contribution in [2.75, 3.05) is 0 Å². The molecule has 0 aliphatic heterocycles. The van der Waals surface area contributed by atoms with Gasteiger partial charge in [0.1, 0.15) is 12.0 Å². The van der Waals surface area contributed by atoms with Crippen LogP contribution >= 0.6 is 0 Å². The van der Waals surface area contributed by atoms with Gasteiger partial charge in [0, 0.05) is 18.8 Å². The second kappa shape index (κ2) is 6.75. The van der Waals surface area contributed by atoms with Crippen LogP contribution in [0.15, 0.2) is 30.3 Å². The summed E-state index contributed by atoms with van der Waals surface area (Å²) in [6, 6.07) is 9.32. The number of fused-ring (bicyclic) bond motifs is 1. The number of benzene rings is 2. The van der Waals surface area contributed by atoms with Crippen molar-refractivity contribution in [1.82, 2.24) is 0 Å². The molecule has 0 heterocycles. The molecule has 0 N–H and O–H groups in total. The van der Waals surface area contributed by atoms with Crippen LogP contribution in [0.2, 0.25) is 0 Å². The predicted molar refractivity (Wildman–Crippen MR) is 91.7 cm³/mol. The Morgan fingerprint density at radius 3 is 2.58 bits per heavy atom. The van der Waals surface area contributed by atoms with E-state index in [0.717, 1.165) is 6.07 Å². The van der Waals surface area contributed by atoms with Crippen LogP contribution in [-0.4, -0.2) is 12.1 Å². The molecule has 0 saturated heterocycles. The fraction of sp³-hybridized carbons (Fsp3) is 0.381. The van der Waals surface area contributed by atoms with Crippen LogP contribution in [0.5, 0.6) is 0 Å². The van der Waals surface area contributed by atoms with Crippen LogP contribution in [0.25, 0.3) is 0 Å². The highest BCUT2D eigenvalue weighted by Crippen LogP contribution is 2.47. The number of rotatable bonds is 4. The predicted octanol–water partition coefficient (Wildman–Crippen LogP) is 5.48. The van der Waals surface area contributed by atoms with E-state index in [-0.39, 0.29) is 18.4 Å². The first-order valence-corrected chi connectivity index (χ1v) is 8.56. The van der Waals surface area contributed by atoms with Gasteiger partial charge in [-0.25, -0.2) is 17.6 Å². The molecular formula is C21H19F4N. The average molecular weight is 361 g/mol. The zero-order valence-corrected chi connectivity index (χ0v) is 14.6. The highest BCUT2D eigenvalue weighted by Gasteiger charge is 2.46. The molecule has 0 radical (unpaired) electrons. The Balaban J connectivity index is 2.05. The number of halogens is 4. The van der Waals surface area contributed by atoms with Crippen molar-refractivity contribution < 1.29 is 17.6 Å². The maximum Gasteiger partial charge on any atom is 0.258 e. The lowest BCUT2D eigenvalue weighted by Crippen LogP contribution is -2.20. The van der Waals surface area contributed by atoms with Crippen molar-refractivity contribution in [2.45, 2.75) is 51.1 Å². The van der Waals surface area contributed by atoms with Crippen molar-refractivity contribution in [3.8, 4) is 6.07 Å². The van der Waals surface area contributed by atoms with Crippen LogP contribution in [0.4, 0.5) is 17.6 Å². The summed E-state index contributed by atoms with van der Waals surface area (Å²) in [6.07, 6.45) is -1.16. The van der Waals surface area contributed by atoms with E-state index in [0.29, 0.717) is 27.8 Å². The van der Waals surface area contributed by atoms with Gasteiger partial charge in [0.25, 0.3) is 5.92 Å². The minimum absolute atomic E-state index is 0.0988. The molecule has 0 amide bonds. The molecule has 2 aromatic carbocycles. The normalized spacial score (nSPS) is 19.0. The van der Waals surface area contributed by atoms with Crippen LogP contribution in [0, 0.1) is 17.1 Å². The maximum absolute atomic E-state index is 14.4. The zero-order valence-electron chi connectivity index (χ0n) is 14.6. The number of hydrogen-bond donors (Lipinski definition) is 0. The first-order valence-electron chi connectivity index (χ1n) is 8.56. The van der Waals surface area contributed by atoms with Crippen molar-refractivity contribution in [1.29, 1.82) is 5.26 Å². The van der Waals surface area contributed by atoms with Crippen molar-refractivity contribution in [3.63, 3.8) is 0 Å². The molecule has 136 valence electrons. The van der Waals surface area contributed by atoms with Crippen LogP contribution in [0.1, 0.15) is 53.1 Å². The Labute approximate surface area is 150 Å². The smallest absolute Gasteiger partial charge is 0.247 e. The molecule has 2 unspecified atom stereocenters. The Bertz CT molecular complexity index is 880. The molecule has 0 spiro atoms. The third kappa shape index (κ3) is 3.46. The molecule has 2 aromatic rings. The number of nitrogens with zero attached hydrogens (tertiary/aromatic N) is 1. The van der Waals surface area contributed by atoms with Crippen molar-refractivity contribution in [3.05, 3.63) is 69.5 Å². The second-order valence-electron chi connectivity index (χ2n) is 7.06. The molecule has 5 heteroatoms. The maximum atomic E-state index is 14.4. The summed E-state index contributed by atoms with van der Waals surface area (Å²) in [6.45, 7) is 2.88. The number of hydrogen-bond acceptors (Lipinski definition) is 1. The standard InChI is InChI=1S/C21H19F4N/c1-12(22)5-17-4-3-16(19-10-21(24,25)13(2)20(17)19)7-14-6-15(11-26)9-18(23)8-14/h3-4,6,8-9,12-13H,5,7,10H2,1-2H3. The highest BCUT2D eigenvalue weighted by atomic mass is 19.3. The summed E-state index contributed by atoms with van der Waals surface area (Å²) in [5.74, 6) is -4.39. The second-order valence-corrected chi connectivity index (χ2v) is 7.06. The summed E-state index contributed by atoms with van der Waals surface area (Å²) in [7, 11) is 0. The molecule has 0 fully saturated rings. The fourth-order valence-corrected chi connectivity index (χ4v) is 3.79. The van der Waals surface area contributed by atoms with Gasteiger partial charge in [-0.1, -0.05) is 19.1 Å². The van der Waals surface area contributed by atoms with E-state index in [9.17, 15) is 17.6 Å². The molecule has 1 nitrogen and oxygen atoms in total. The minimum atomic E-state index is -2.88. The van der Waals surface area contributed by atoms with E-state index < -0.39 is 30.3 Å². The highest BCUT2D eigenvalue weighted by molar-refractivity contribution is 5.50. The van der Waals surface area contributed by atoms with E-state index in [4.69, 9.17) is 5.26 Å².